The second-order valence-electron chi connectivity index (χ2n) is 5.19. The lowest BCUT2D eigenvalue weighted by molar-refractivity contribution is 0.0696. The van der Waals surface area contributed by atoms with Gasteiger partial charge >= 0.3 is 5.97 Å². The van der Waals surface area contributed by atoms with Gasteiger partial charge < -0.3 is 10.1 Å². The van der Waals surface area contributed by atoms with Crippen LogP contribution in [-0.4, -0.2) is 26.0 Å². The molecule has 0 radical (unpaired) electrons. The van der Waals surface area contributed by atoms with Crippen LogP contribution in [0.2, 0.25) is 0 Å². The minimum atomic E-state index is -1.04. The topological polar surface area (TPSA) is 78.9 Å². The summed E-state index contributed by atoms with van der Waals surface area (Å²) >= 11 is 1.08. The van der Waals surface area contributed by atoms with Crippen molar-refractivity contribution >= 4 is 28.3 Å². The number of carboxylic acid groups (broad SMARTS) is 1. The van der Waals surface area contributed by atoms with E-state index >= 15 is 0 Å². The van der Waals surface area contributed by atoms with Crippen molar-refractivity contribution in [1.29, 1.82) is 0 Å². The molecule has 0 aliphatic rings. The predicted molar refractivity (Wildman–Crippen MR) is 89.6 cm³/mol. The summed E-state index contributed by atoms with van der Waals surface area (Å²) in [7, 11) is 0. The van der Waals surface area contributed by atoms with Crippen LogP contribution in [-0.2, 0) is 0 Å². The number of hydrogen-bond donors (Lipinski definition) is 2. The molecule has 0 saturated heterocycles. The van der Waals surface area contributed by atoms with Crippen molar-refractivity contribution in [2.45, 2.75) is 0 Å². The third-order valence-corrected chi connectivity index (χ3v) is 4.44. The lowest BCUT2D eigenvalue weighted by Crippen LogP contribution is -1.94. The molecule has 2 N–H and O–H groups in total. The van der Waals surface area contributed by atoms with Gasteiger partial charge in [0.05, 0.1) is 5.69 Å². The first kappa shape index (κ1) is 14.5. The van der Waals surface area contributed by atoms with Gasteiger partial charge in [-0.25, -0.2) is 19.2 Å². The van der Waals surface area contributed by atoms with Crippen LogP contribution >= 0.6 is 11.3 Å². The molecule has 0 aliphatic heterocycles. The Balaban J connectivity index is 1.75. The van der Waals surface area contributed by atoms with E-state index in [1.54, 1.807) is 23.7 Å². The summed E-state index contributed by atoms with van der Waals surface area (Å²) in [4.78, 5) is 22.6. The van der Waals surface area contributed by atoms with E-state index in [9.17, 15) is 9.18 Å². The summed E-state index contributed by atoms with van der Waals surface area (Å²) < 4.78 is 13.0. The molecule has 3 heterocycles. The average molecular weight is 339 g/mol. The molecule has 0 saturated carbocycles. The van der Waals surface area contributed by atoms with Crippen LogP contribution in [0.25, 0.3) is 33.5 Å². The highest BCUT2D eigenvalue weighted by molar-refractivity contribution is 7.11. The van der Waals surface area contributed by atoms with Gasteiger partial charge in [0.15, 0.2) is 0 Å². The number of fused-ring (bicyclic) bond motifs is 1. The third-order valence-electron chi connectivity index (χ3n) is 3.61. The smallest absolute Gasteiger partial charge is 0.365 e. The number of aromatic carboxylic acids is 1. The summed E-state index contributed by atoms with van der Waals surface area (Å²) in [5.41, 5.74) is 3.72. The molecule has 0 bridgehead atoms. The number of H-pyrrole nitrogens is 1. The van der Waals surface area contributed by atoms with Crippen molar-refractivity contribution in [3.63, 3.8) is 0 Å². The first-order valence-corrected chi connectivity index (χ1v) is 7.92. The number of hydrogen-bond acceptors (Lipinski definition) is 4. The quantitative estimate of drug-likeness (QED) is 0.586. The Morgan fingerprint density at radius 2 is 1.96 bits per heavy atom. The van der Waals surface area contributed by atoms with Crippen LogP contribution in [0.4, 0.5) is 4.39 Å². The summed E-state index contributed by atoms with van der Waals surface area (Å²) in [6.07, 6.45) is 1.65. The molecule has 0 amide bonds. The van der Waals surface area contributed by atoms with Gasteiger partial charge in [0.25, 0.3) is 0 Å². The van der Waals surface area contributed by atoms with Crippen LogP contribution < -0.4 is 0 Å². The first-order chi connectivity index (χ1) is 11.6. The fourth-order valence-corrected chi connectivity index (χ4v) is 3.11. The molecular weight excluding hydrogens is 329 g/mol. The fraction of sp³-hybridized carbons (Fsp3) is 0. The highest BCUT2D eigenvalue weighted by Crippen LogP contribution is 2.28. The van der Waals surface area contributed by atoms with E-state index in [1.807, 2.05) is 12.1 Å². The molecule has 7 heteroatoms. The lowest BCUT2D eigenvalue weighted by Gasteiger charge is -1.96. The molecule has 3 aromatic heterocycles. The number of carboxylic acids is 1. The van der Waals surface area contributed by atoms with Crippen molar-refractivity contribution in [3.8, 4) is 22.5 Å². The van der Waals surface area contributed by atoms with E-state index in [2.05, 4.69) is 15.0 Å². The molecule has 4 aromatic rings. The minimum absolute atomic E-state index is 0.0474. The van der Waals surface area contributed by atoms with Gasteiger partial charge in [-0.15, -0.1) is 11.3 Å². The largest absolute Gasteiger partial charge is 0.476 e. The van der Waals surface area contributed by atoms with Crippen molar-refractivity contribution in [1.82, 2.24) is 15.0 Å². The zero-order chi connectivity index (χ0) is 16.7. The number of nitrogens with one attached hydrogen (secondary N) is 1. The molecule has 5 nitrogen and oxygen atoms in total. The second kappa shape index (κ2) is 5.54. The highest BCUT2D eigenvalue weighted by atomic mass is 32.1. The number of benzene rings is 1. The van der Waals surface area contributed by atoms with Gasteiger partial charge in [0.1, 0.15) is 11.5 Å². The molecule has 0 unspecified atom stereocenters. The standard InChI is InChI=1S/C17H10FN3O2S/c18-12-3-1-9(2-4-12)13-6-10-5-11(7-19-15(10)20-13)14-8-24-16(21-14)17(22)23/h1-8H,(H,19,20)(H,22,23). The molecule has 118 valence electrons. The van der Waals surface area contributed by atoms with Crippen LogP contribution in [0.15, 0.2) is 48.0 Å². The maximum absolute atomic E-state index is 13.0. The fourth-order valence-electron chi connectivity index (χ4n) is 2.44. The minimum Gasteiger partial charge on any atom is -0.476 e. The van der Waals surface area contributed by atoms with Gasteiger partial charge in [0, 0.05) is 28.2 Å². The Labute approximate surface area is 139 Å². The molecule has 0 aliphatic carbocycles. The summed E-state index contributed by atoms with van der Waals surface area (Å²) in [5, 5.41) is 11.6. The highest BCUT2D eigenvalue weighted by Gasteiger charge is 2.12. The number of rotatable bonds is 3. The summed E-state index contributed by atoms with van der Waals surface area (Å²) in [6.45, 7) is 0. The number of aromatic nitrogens is 3. The van der Waals surface area contributed by atoms with Crippen LogP contribution in [0.3, 0.4) is 0 Å². The average Bonchev–Trinajstić information content (AvgIpc) is 3.22. The first-order valence-electron chi connectivity index (χ1n) is 7.04. The van der Waals surface area contributed by atoms with E-state index in [0.717, 1.165) is 33.5 Å². The monoisotopic (exact) mass is 339 g/mol. The van der Waals surface area contributed by atoms with E-state index in [-0.39, 0.29) is 10.8 Å². The molecule has 0 atom stereocenters. The van der Waals surface area contributed by atoms with E-state index < -0.39 is 5.97 Å². The Bertz CT molecular complexity index is 1050. The van der Waals surface area contributed by atoms with Gasteiger partial charge in [-0.3, -0.25) is 0 Å². The number of halogens is 1. The third kappa shape index (κ3) is 2.55. The Morgan fingerprint density at radius 3 is 2.67 bits per heavy atom. The van der Waals surface area contributed by atoms with Crippen LogP contribution in [0.5, 0.6) is 0 Å². The lowest BCUT2D eigenvalue weighted by atomic mass is 10.1. The van der Waals surface area contributed by atoms with Crippen LogP contribution in [0, 0.1) is 5.82 Å². The number of carbonyl (C=O) groups is 1. The molecular formula is C17H10FN3O2S. The Kier molecular flexibility index (Phi) is 3.35. The van der Waals surface area contributed by atoms with E-state index in [4.69, 9.17) is 5.11 Å². The predicted octanol–water partition coefficient (Wildman–Crippen LogP) is 4.19. The molecule has 0 fully saturated rings. The molecule has 1 aromatic carbocycles. The zero-order valence-corrected chi connectivity index (χ0v) is 13.0. The van der Waals surface area contributed by atoms with Gasteiger partial charge in [-0.2, -0.15) is 0 Å². The second-order valence-corrected chi connectivity index (χ2v) is 6.05. The van der Waals surface area contributed by atoms with Crippen molar-refractivity contribution in [3.05, 3.63) is 58.8 Å². The molecule has 24 heavy (non-hydrogen) atoms. The van der Waals surface area contributed by atoms with Crippen molar-refractivity contribution in [2.75, 3.05) is 0 Å². The Morgan fingerprint density at radius 1 is 1.17 bits per heavy atom. The molecule has 0 spiro atoms. The van der Waals surface area contributed by atoms with Crippen molar-refractivity contribution in [2.24, 2.45) is 0 Å². The summed E-state index contributed by atoms with van der Waals surface area (Å²) in [5.74, 6) is -1.33. The number of pyridine rings is 1. The van der Waals surface area contributed by atoms with Crippen LogP contribution in [0.1, 0.15) is 9.80 Å². The van der Waals surface area contributed by atoms with Gasteiger partial charge in [-0.05, 0) is 42.0 Å². The van der Waals surface area contributed by atoms with E-state index in [0.29, 0.717) is 11.3 Å². The van der Waals surface area contributed by atoms with Gasteiger partial charge in [0.2, 0.25) is 5.01 Å². The SMILES string of the molecule is O=C(O)c1nc(-c2cnc3[nH]c(-c4ccc(F)cc4)cc3c2)cs1. The van der Waals surface area contributed by atoms with E-state index in [1.165, 1.54) is 12.1 Å². The Hall–Kier alpha value is -3.06. The maximum Gasteiger partial charge on any atom is 0.365 e. The maximum atomic E-state index is 13.0. The normalized spacial score (nSPS) is 11.0. The number of thiazole rings is 1. The molecule has 4 rings (SSSR count). The summed E-state index contributed by atoms with van der Waals surface area (Å²) in [6, 6.07) is 10.0. The number of aromatic amines is 1. The number of nitrogens with zero attached hydrogens (tertiary/aromatic N) is 2. The van der Waals surface area contributed by atoms with Crippen molar-refractivity contribution < 1.29 is 14.3 Å². The zero-order valence-electron chi connectivity index (χ0n) is 12.2. The van der Waals surface area contributed by atoms with Gasteiger partial charge in [-0.1, -0.05) is 0 Å².